The number of nitrogens with zero attached hydrogens (tertiary/aromatic N) is 2. The van der Waals surface area contributed by atoms with Crippen molar-refractivity contribution < 1.29 is 14.7 Å². The predicted molar refractivity (Wildman–Crippen MR) is 127 cm³/mol. The summed E-state index contributed by atoms with van der Waals surface area (Å²) in [5.41, 5.74) is 2.15. The number of ketones is 1. The lowest BCUT2D eigenvalue weighted by Crippen LogP contribution is -2.48. The molecular formula is C25H24ClN3O3. The van der Waals surface area contributed by atoms with Crippen LogP contribution in [0.1, 0.15) is 15.9 Å². The lowest BCUT2D eigenvalue weighted by Gasteiger charge is -2.35. The Bertz CT molecular complexity index is 1110. The Kier molecular flexibility index (Phi) is 6.73. The third-order valence-corrected chi connectivity index (χ3v) is 5.73. The van der Waals surface area contributed by atoms with Gasteiger partial charge in [-0.25, -0.2) is 0 Å². The number of aromatic hydroxyl groups is 1. The molecule has 1 saturated heterocycles. The summed E-state index contributed by atoms with van der Waals surface area (Å²) in [6, 6.07) is 21.1. The molecule has 7 heteroatoms. The Morgan fingerprint density at radius 3 is 2.31 bits per heavy atom. The zero-order chi connectivity index (χ0) is 22.5. The van der Waals surface area contributed by atoms with Gasteiger partial charge < -0.3 is 15.3 Å². The molecule has 0 aromatic heterocycles. The quantitative estimate of drug-likeness (QED) is 0.556. The highest BCUT2D eigenvalue weighted by Gasteiger charge is 2.22. The molecule has 3 aromatic carbocycles. The number of carbonyl (C=O) groups is 2. The number of para-hydroxylation sites is 2. The van der Waals surface area contributed by atoms with Crippen LogP contribution in [0, 0.1) is 0 Å². The van der Waals surface area contributed by atoms with E-state index in [1.165, 1.54) is 0 Å². The van der Waals surface area contributed by atoms with Gasteiger partial charge in [0, 0.05) is 42.3 Å². The first kappa shape index (κ1) is 21.9. The van der Waals surface area contributed by atoms with Gasteiger partial charge in [0.2, 0.25) is 5.91 Å². The topological polar surface area (TPSA) is 72.9 Å². The van der Waals surface area contributed by atoms with Crippen molar-refractivity contribution in [3.63, 3.8) is 0 Å². The summed E-state index contributed by atoms with van der Waals surface area (Å²) < 4.78 is 0. The maximum Gasteiger partial charge on any atom is 0.238 e. The Morgan fingerprint density at radius 2 is 1.59 bits per heavy atom. The number of phenolic OH excluding ortho intramolecular Hbond substituents is 1. The molecule has 0 radical (unpaired) electrons. The number of phenols is 1. The number of hydrogen-bond acceptors (Lipinski definition) is 5. The second-order valence-electron chi connectivity index (χ2n) is 7.69. The summed E-state index contributed by atoms with van der Waals surface area (Å²) in [7, 11) is 0. The van der Waals surface area contributed by atoms with Gasteiger partial charge in [-0.15, -0.1) is 0 Å². The van der Waals surface area contributed by atoms with Crippen LogP contribution in [0.3, 0.4) is 0 Å². The van der Waals surface area contributed by atoms with E-state index >= 15 is 0 Å². The molecule has 1 fully saturated rings. The number of piperazine rings is 1. The Balaban J connectivity index is 1.39. The maximum atomic E-state index is 12.9. The number of rotatable bonds is 6. The summed E-state index contributed by atoms with van der Waals surface area (Å²) in [5, 5.41) is 13.4. The third kappa shape index (κ3) is 5.10. The smallest absolute Gasteiger partial charge is 0.238 e. The summed E-state index contributed by atoms with van der Waals surface area (Å²) in [6.45, 7) is 3.03. The molecule has 4 rings (SSSR count). The molecule has 32 heavy (non-hydrogen) atoms. The molecule has 1 amide bonds. The van der Waals surface area contributed by atoms with Gasteiger partial charge >= 0.3 is 0 Å². The van der Waals surface area contributed by atoms with Crippen molar-refractivity contribution in [1.29, 1.82) is 0 Å². The minimum Gasteiger partial charge on any atom is -0.506 e. The second-order valence-corrected chi connectivity index (χ2v) is 8.12. The highest BCUT2D eigenvalue weighted by molar-refractivity contribution is 6.31. The fraction of sp³-hybridized carbons (Fsp3) is 0.200. The number of hydrogen-bond donors (Lipinski definition) is 2. The minimum absolute atomic E-state index is 0.189. The molecule has 0 unspecified atom stereocenters. The van der Waals surface area contributed by atoms with Gasteiger partial charge in [-0.1, -0.05) is 54.1 Å². The van der Waals surface area contributed by atoms with Crippen molar-refractivity contribution in [2.45, 2.75) is 0 Å². The van der Waals surface area contributed by atoms with E-state index in [1.54, 1.807) is 54.6 Å². The number of carbonyl (C=O) groups excluding carboxylic acids is 2. The largest absolute Gasteiger partial charge is 0.506 e. The van der Waals surface area contributed by atoms with Crippen molar-refractivity contribution >= 4 is 34.7 Å². The van der Waals surface area contributed by atoms with E-state index < -0.39 is 0 Å². The molecular weight excluding hydrogens is 426 g/mol. The van der Waals surface area contributed by atoms with Gasteiger partial charge in [0.1, 0.15) is 5.75 Å². The third-order valence-electron chi connectivity index (χ3n) is 5.50. The van der Waals surface area contributed by atoms with E-state index in [2.05, 4.69) is 15.1 Å². The Hall–Kier alpha value is -3.35. The van der Waals surface area contributed by atoms with E-state index in [4.69, 9.17) is 11.6 Å². The van der Waals surface area contributed by atoms with Crippen LogP contribution in [0.15, 0.2) is 72.8 Å². The molecule has 1 aliphatic heterocycles. The normalized spacial score (nSPS) is 14.2. The summed E-state index contributed by atoms with van der Waals surface area (Å²) in [4.78, 5) is 29.8. The van der Waals surface area contributed by atoms with Crippen LogP contribution >= 0.6 is 11.6 Å². The number of halogens is 1. The number of amides is 1. The molecule has 0 aliphatic carbocycles. The summed E-state index contributed by atoms with van der Waals surface area (Å²) in [5.74, 6) is -0.123. The van der Waals surface area contributed by atoms with E-state index in [-0.39, 0.29) is 24.0 Å². The number of benzene rings is 3. The average Bonchev–Trinajstić information content (AvgIpc) is 2.81. The zero-order valence-electron chi connectivity index (χ0n) is 17.5. The van der Waals surface area contributed by atoms with Crippen molar-refractivity contribution in [2.75, 3.05) is 42.9 Å². The summed E-state index contributed by atoms with van der Waals surface area (Å²) >= 11 is 6.12. The molecule has 164 valence electrons. The lowest BCUT2D eigenvalue weighted by atomic mass is 10.0. The average molecular weight is 450 g/mol. The molecule has 0 atom stereocenters. The van der Waals surface area contributed by atoms with Crippen molar-refractivity contribution in [2.24, 2.45) is 0 Å². The van der Waals surface area contributed by atoms with Gasteiger partial charge in [-0.2, -0.15) is 0 Å². The van der Waals surface area contributed by atoms with Crippen LogP contribution in [0.25, 0.3) is 0 Å². The lowest BCUT2D eigenvalue weighted by molar-refractivity contribution is -0.117. The van der Waals surface area contributed by atoms with Crippen molar-refractivity contribution in [3.05, 3.63) is 88.9 Å². The Labute approximate surface area is 192 Å². The molecule has 1 aliphatic rings. The first-order chi connectivity index (χ1) is 15.5. The zero-order valence-corrected chi connectivity index (χ0v) is 18.3. The molecule has 0 bridgehead atoms. The molecule has 6 nitrogen and oxygen atoms in total. The highest BCUT2D eigenvalue weighted by Crippen LogP contribution is 2.27. The van der Waals surface area contributed by atoms with Crippen LogP contribution in [0.4, 0.5) is 11.4 Å². The number of anilines is 2. The second kappa shape index (κ2) is 9.85. The SMILES string of the molecule is O=C(CN1CCN(c2ccccc2O)CC1)Nc1ccc(Cl)cc1C(=O)c1ccccc1. The highest BCUT2D eigenvalue weighted by atomic mass is 35.5. The van der Waals surface area contributed by atoms with Crippen LogP contribution < -0.4 is 10.2 Å². The fourth-order valence-corrected chi connectivity index (χ4v) is 4.00. The van der Waals surface area contributed by atoms with Crippen LogP contribution in [-0.2, 0) is 4.79 Å². The van der Waals surface area contributed by atoms with E-state index in [1.807, 2.05) is 18.2 Å². The van der Waals surface area contributed by atoms with Gasteiger partial charge in [0.05, 0.1) is 17.9 Å². The van der Waals surface area contributed by atoms with E-state index in [0.29, 0.717) is 48.0 Å². The predicted octanol–water partition coefficient (Wildman–Crippen LogP) is 4.04. The minimum atomic E-state index is -0.195. The maximum absolute atomic E-state index is 12.9. The first-order valence-corrected chi connectivity index (χ1v) is 10.8. The van der Waals surface area contributed by atoms with Crippen molar-refractivity contribution in [1.82, 2.24) is 4.90 Å². The first-order valence-electron chi connectivity index (χ1n) is 10.5. The van der Waals surface area contributed by atoms with Gasteiger partial charge in [0.25, 0.3) is 0 Å². The van der Waals surface area contributed by atoms with E-state index in [9.17, 15) is 14.7 Å². The Morgan fingerprint density at radius 1 is 0.906 bits per heavy atom. The molecule has 0 saturated carbocycles. The molecule has 2 N–H and O–H groups in total. The molecule has 1 heterocycles. The van der Waals surface area contributed by atoms with E-state index in [0.717, 1.165) is 5.69 Å². The molecule has 3 aromatic rings. The number of nitrogens with one attached hydrogen (secondary N) is 1. The van der Waals surface area contributed by atoms with Gasteiger partial charge in [0.15, 0.2) is 5.78 Å². The molecule has 0 spiro atoms. The standard InChI is InChI=1S/C25H24ClN3O3/c26-19-10-11-21(20(16-19)25(32)18-6-2-1-3-7-18)27-24(31)17-28-12-14-29(15-13-28)22-8-4-5-9-23(22)30/h1-11,16,30H,12-15,17H2,(H,27,31). The fourth-order valence-electron chi connectivity index (χ4n) is 3.83. The van der Waals surface area contributed by atoms with Crippen LogP contribution in [0.5, 0.6) is 5.75 Å². The van der Waals surface area contributed by atoms with Crippen LogP contribution in [0.2, 0.25) is 5.02 Å². The summed E-state index contributed by atoms with van der Waals surface area (Å²) in [6.07, 6.45) is 0. The van der Waals surface area contributed by atoms with Crippen LogP contribution in [-0.4, -0.2) is 54.4 Å². The van der Waals surface area contributed by atoms with Gasteiger partial charge in [-0.3, -0.25) is 14.5 Å². The monoisotopic (exact) mass is 449 g/mol. The van der Waals surface area contributed by atoms with Gasteiger partial charge in [-0.05, 0) is 30.3 Å². The van der Waals surface area contributed by atoms with Crippen molar-refractivity contribution in [3.8, 4) is 5.75 Å².